The van der Waals surface area contributed by atoms with Crippen LogP contribution in [0.5, 0.6) is 0 Å². The number of carbonyl (C=O) groups excluding carboxylic acids is 1. The SMILES string of the molecule is CC(=O)OC1CC(CO)OC(C)(C)O1. The van der Waals surface area contributed by atoms with Gasteiger partial charge >= 0.3 is 5.97 Å². The van der Waals surface area contributed by atoms with E-state index in [1.807, 2.05) is 0 Å². The molecule has 1 heterocycles. The number of rotatable bonds is 2. The average Bonchev–Trinajstić information content (AvgIpc) is 1.99. The molecule has 5 nitrogen and oxygen atoms in total. The summed E-state index contributed by atoms with van der Waals surface area (Å²) < 4.78 is 15.6. The molecule has 1 aliphatic rings. The molecule has 14 heavy (non-hydrogen) atoms. The van der Waals surface area contributed by atoms with Gasteiger partial charge in [-0.1, -0.05) is 0 Å². The van der Waals surface area contributed by atoms with Crippen LogP contribution in [0.15, 0.2) is 0 Å². The lowest BCUT2D eigenvalue weighted by Gasteiger charge is -2.39. The highest BCUT2D eigenvalue weighted by molar-refractivity contribution is 5.66. The average molecular weight is 204 g/mol. The Hall–Kier alpha value is -0.650. The lowest BCUT2D eigenvalue weighted by atomic mass is 10.2. The van der Waals surface area contributed by atoms with E-state index in [-0.39, 0.29) is 12.7 Å². The molecule has 1 fully saturated rings. The fourth-order valence-electron chi connectivity index (χ4n) is 1.43. The maximum Gasteiger partial charge on any atom is 0.304 e. The highest BCUT2D eigenvalue weighted by atomic mass is 16.8. The molecule has 2 atom stereocenters. The van der Waals surface area contributed by atoms with Crippen molar-refractivity contribution in [3.63, 3.8) is 0 Å². The molecular formula is C9H16O5. The summed E-state index contributed by atoms with van der Waals surface area (Å²) >= 11 is 0. The summed E-state index contributed by atoms with van der Waals surface area (Å²) in [5, 5.41) is 8.95. The molecule has 0 aromatic heterocycles. The van der Waals surface area contributed by atoms with Gasteiger partial charge in [-0.25, -0.2) is 0 Å². The first-order chi connectivity index (χ1) is 6.43. The smallest absolute Gasteiger partial charge is 0.304 e. The first kappa shape index (κ1) is 11.4. The number of carbonyl (C=O) groups is 1. The molecule has 1 saturated heterocycles. The fraction of sp³-hybridized carbons (Fsp3) is 0.889. The number of hydrogen-bond donors (Lipinski definition) is 1. The first-order valence-corrected chi connectivity index (χ1v) is 4.56. The lowest BCUT2D eigenvalue weighted by Crippen LogP contribution is -2.47. The Balaban J connectivity index is 2.56. The van der Waals surface area contributed by atoms with Gasteiger partial charge in [0.15, 0.2) is 5.79 Å². The van der Waals surface area contributed by atoms with E-state index in [9.17, 15) is 4.79 Å². The molecule has 0 spiro atoms. The van der Waals surface area contributed by atoms with Crippen LogP contribution in [0.3, 0.4) is 0 Å². The van der Waals surface area contributed by atoms with Crippen LogP contribution in [0.1, 0.15) is 27.2 Å². The maximum absolute atomic E-state index is 10.7. The summed E-state index contributed by atoms with van der Waals surface area (Å²) in [5.41, 5.74) is 0. The Morgan fingerprint density at radius 2 is 2.21 bits per heavy atom. The van der Waals surface area contributed by atoms with E-state index in [2.05, 4.69) is 0 Å². The van der Waals surface area contributed by atoms with Crippen molar-refractivity contribution in [1.29, 1.82) is 0 Å². The second-order valence-electron chi connectivity index (χ2n) is 3.71. The van der Waals surface area contributed by atoms with Gasteiger partial charge in [-0.2, -0.15) is 0 Å². The molecule has 1 aliphatic heterocycles. The van der Waals surface area contributed by atoms with Crippen LogP contribution >= 0.6 is 0 Å². The molecule has 1 N–H and O–H groups in total. The molecular weight excluding hydrogens is 188 g/mol. The maximum atomic E-state index is 10.7. The van der Waals surface area contributed by atoms with Gasteiger partial charge in [-0.3, -0.25) is 4.79 Å². The molecule has 0 saturated carbocycles. The van der Waals surface area contributed by atoms with E-state index in [1.54, 1.807) is 13.8 Å². The fourth-order valence-corrected chi connectivity index (χ4v) is 1.43. The van der Waals surface area contributed by atoms with Crippen LogP contribution in [0, 0.1) is 0 Å². The molecule has 2 unspecified atom stereocenters. The monoisotopic (exact) mass is 204 g/mol. The largest absolute Gasteiger partial charge is 0.436 e. The van der Waals surface area contributed by atoms with Crippen molar-refractivity contribution >= 4 is 5.97 Å². The number of hydrogen-bond acceptors (Lipinski definition) is 5. The van der Waals surface area contributed by atoms with Crippen molar-refractivity contribution < 1.29 is 24.1 Å². The number of aliphatic hydroxyl groups excluding tert-OH is 1. The number of ether oxygens (including phenoxy) is 3. The third-order valence-corrected chi connectivity index (χ3v) is 1.82. The van der Waals surface area contributed by atoms with Gasteiger partial charge < -0.3 is 19.3 Å². The molecule has 1 rings (SSSR count). The highest BCUT2D eigenvalue weighted by Gasteiger charge is 2.36. The van der Waals surface area contributed by atoms with Crippen molar-refractivity contribution in [1.82, 2.24) is 0 Å². The summed E-state index contributed by atoms with van der Waals surface area (Å²) in [4.78, 5) is 10.7. The van der Waals surface area contributed by atoms with Crippen LogP contribution in [-0.2, 0) is 19.0 Å². The van der Waals surface area contributed by atoms with Gasteiger partial charge in [0.05, 0.1) is 12.7 Å². The summed E-state index contributed by atoms with van der Waals surface area (Å²) in [7, 11) is 0. The van der Waals surface area contributed by atoms with Gasteiger partial charge in [-0.15, -0.1) is 0 Å². The third kappa shape index (κ3) is 3.25. The summed E-state index contributed by atoms with van der Waals surface area (Å²) in [6.45, 7) is 4.64. The molecule has 0 aromatic rings. The Morgan fingerprint density at radius 3 is 2.71 bits per heavy atom. The van der Waals surface area contributed by atoms with Crippen molar-refractivity contribution in [3.8, 4) is 0 Å². The minimum absolute atomic E-state index is 0.107. The molecule has 5 heteroatoms. The van der Waals surface area contributed by atoms with E-state index in [0.29, 0.717) is 6.42 Å². The molecule has 82 valence electrons. The highest BCUT2D eigenvalue weighted by Crippen LogP contribution is 2.26. The Kier molecular flexibility index (Phi) is 3.47. The molecule has 0 radical (unpaired) electrons. The van der Waals surface area contributed by atoms with Gasteiger partial charge in [0, 0.05) is 13.3 Å². The van der Waals surface area contributed by atoms with E-state index in [1.165, 1.54) is 6.92 Å². The van der Waals surface area contributed by atoms with Crippen LogP contribution in [0.4, 0.5) is 0 Å². The standard InChI is InChI=1S/C9H16O5/c1-6(11)12-8-4-7(5-10)13-9(2,3)14-8/h7-8,10H,4-5H2,1-3H3. The van der Waals surface area contributed by atoms with Crippen LogP contribution in [-0.4, -0.2) is 35.9 Å². The Morgan fingerprint density at radius 1 is 1.57 bits per heavy atom. The number of esters is 1. The molecule has 0 aliphatic carbocycles. The first-order valence-electron chi connectivity index (χ1n) is 4.56. The lowest BCUT2D eigenvalue weighted by molar-refractivity contribution is -0.345. The van der Waals surface area contributed by atoms with Gasteiger partial charge in [0.1, 0.15) is 0 Å². The summed E-state index contributed by atoms with van der Waals surface area (Å²) in [6, 6.07) is 0. The summed E-state index contributed by atoms with van der Waals surface area (Å²) in [5.74, 6) is -1.23. The second-order valence-corrected chi connectivity index (χ2v) is 3.71. The van der Waals surface area contributed by atoms with Crippen molar-refractivity contribution in [2.24, 2.45) is 0 Å². The van der Waals surface area contributed by atoms with Gasteiger partial charge in [-0.05, 0) is 13.8 Å². The van der Waals surface area contributed by atoms with Gasteiger partial charge in [0.2, 0.25) is 6.29 Å². The van der Waals surface area contributed by atoms with Crippen molar-refractivity contribution in [2.45, 2.75) is 45.4 Å². The zero-order chi connectivity index (χ0) is 10.8. The summed E-state index contributed by atoms with van der Waals surface area (Å²) in [6.07, 6.45) is -0.615. The van der Waals surface area contributed by atoms with E-state index < -0.39 is 18.0 Å². The second kappa shape index (κ2) is 4.25. The Bertz CT molecular complexity index is 213. The van der Waals surface area contributed by atoms with Gasteiger partial charge in [0.25, 0.3) is 0 Å². The van der Waals surface area contributed by atoms with Crippen LogP contribution in [0.2, 0.25) is 0 Å². The molecule has 0 bridgehead atoms. The zero-order valence-corrected chi connectivity index (χ0v) is 8.65. The number of aliphatic hydroxyl groups is 1. The molecule has 0 aromatic carbocycles. The predicted molar refractivity (Wildman–Crippen MR) is 47.3 cm³/mol. The normalized spacial score (nSPS) is 31.1. The van der Waals surface area contributed by atoms with Crippen LogP contribution < -0.4 is 0 Å². The quantitative estimate of drug-likeness (QED) is 0.660. The zero-order valence-electron chi connectivity index (χ0n) is 8.65. The predicted octanol–water partition coefficient (Wildman–Crippen LogP) is 0.409. The molecule has 0 amide bonds. The topological polar surface area (TPSA) is 65.0 Å². The van der Waals surface area contributed by atoms with E-state index in [0.717, 1.165) is 0 Å². The van der Waals surface area contributed by atoms with Crippen molar-refractivity contribution in [2.75, 3.05) is 6.61 Å². The Labute approximate surface area is 82.9 Å². The minimum atomic E-state index is -0.828. The van der Waals surface area contributed by atoms with E-state index >= 15 is 0 Å². The van der Waals surface area contributed by atoms with E-state index in [4.69, 9.17) is 19.3 Å². The third-order valence-electron chi connectivity index (χ3n) is 1.82. The van der Waals surface area contributed by atoms with Crippen molar-refractivity contribution in [3.05, 3.63) is 0 Å². The minimum Gasteiger partial charge on any atom is -0.436 e. The van der Waals surface area contributed by atoms with Crippen LogP contribution in [0.25, 0.3) is 0 Å².